The highest BCUT2D eigenvalue weighted by molar-refractivity contribution is 6.30. The highest BCUT2D eigenvalue weighted by atomic mass is 35.5. The van der Waals surface area contributed by atoms with Crippen LogP contribution in [0.3, 0.4) is 0 Å². The van der Waals surface area contributed by atoms with E-state index in [1.54, 1.807) is 49.6 Å². The maximum Gasteiger partial charge on any atom is 0.266 e. The summed E-state index contributed by atoms with van der Waals surface area (Å²) in [5, 5.41) is 12.6. The quantitative estimate of drug-likeness (QED) is 0.567. The average Bonchev–Trinajstić information content (AvgIpc) is 2.66. The van der Waals surface area contributed by atoms with Crippen LogP contribution < -0.4 is 14.8 Å². The Morgan fingerprint density at radius 2 is 1.96 bits per heavy atom. The Hall–Kier alpha value is -2.97. The van der Waals surface area contributed by atoms with Crippen molar-refractivity contribution in [2.75, 3.05) is 19.0 Å². The first-order valence-electron chi connectivity index (χ1n) is 8.07. The fraction of sp³-hybridized carbons (Fsp3) is 0.200. The van der Waals surface area contributed by atoms with Crippen LogP contribution in [0.25, 0.3) is 6.08 Å². The molecule has 0 saturated carbocycles. The van der Waals surface area contributed by atoms with E-state index in [1.165, 1.54) is 6.08 Å². The van der Waals surface area contributed by atoms with Gasteiger partial charge in [0.15, 0.2) is 11.5 Å². The Morgan fingerprint density at radius 3 is 2.58 bits per heavy atom. The van der Waals surface area contributed by atoms with Crippen LogP contribution in [-0.2, 0) is 4.79 Å². The van der Waals surface area contributed by atoms with Gasteiger partial charge in [0, 0.05) is 10.7 Å². The third kappa shape index (κ3) is 5.27. The molecule has 0 bridgehead atoms. The molecule has 0 unspecified atom stereocenters. The number of carbonyl (C=O) groups is 1. The van der Waals surface area contributed by atoms with Crippen LogP contribution in [0.15, 0.2) is 48.0 Å². The van der Waals surface area contributed by atoms with E-state index in [0.29, 0.717) is 34.4 Å². The second kappa shape index (κ2) is 9.50. The van der Waals surface area contributed by atoms with Crippen LogP contribution in [0.4, 0.5) is 5.69 Å². The second-order valence-corrected chi connectivity index (χ2v) is 5.83. The van der Waals surface area contributed by atoms with Crippen molar-refractivity contribution in [2.45, 2.75) is 13.3 Å². The largest absolute Gasteiger partial charge is 0.493 e. The van der Waals surface area contributed by atoms with Crippen molar-refractivity contribution in [3.63, 3.8) is 0 Å². The van der Waals surface area contributed by atoms with Crippen molar-refractivity contribution in [3.8, 4) is 17.6 Å². The Kier molecular flexibility index (Phi) is 7.07. The first kappa shape index (κ1) is 19.4. The van der Waals surface area contributed by atoms with Crippen molar-refractivity contribution in [1.29, 1.82) is 5.26 Å². The van der Waals surface area contributed by atoms with Gasteiger partial charge in [-0.1, -0.05) is 24.6 Å². The lowest BCUT2D eigenvalue weighted by Crippen LogP contribution is -2.13. The first-order chi connectivity index (χ1) is 12.6. The molecule has 0 aliphatic rings. The van der Waals surface area contributed by atoms with E-state index in [9.17, 15) is 10.1 Å². The van der Waals surface area contributed by atoms with E-state index < -0.39 is 5.91 Å². The van der Waals surface area contributed by atoms with Gasteiger partial charge in [0.2, 0.25) is 0 Å². The molecule has 0 aromatic heterocycles. The Labute approximate surface area is 157 Å². The van der Waals surface area contributed by atoms with E-state index in [0.717, 1.165) is 6.42 Å². The molecule has 0 radical (unpaired) electrons. The van der Waals surface area contributed by atoms with Crippen molar-refractivity contribution in [3.05, 3.63) is 58.6 Å². The maximum absolute atomic E-state index is 12.3. The normalized spacial score (nSPS) is 10.8. The molecule has 1 amide bonds. The Balaban J connectivity index is 2.22. The molecule has 0 fully saturated rings. The number of benzene rings is 2. The van der Waals surface area contributed by atoms with Crippen LogP contribution in [0.2, 0.25) is 5.02 Å². The molecule has 0 aliphatic heterocycles. The molecule has 0 heterocycles. The number of hydrogen-bond donors (Lipinski definition) is 1. The first-order valence-corrected chi connectivity index (χ1v) is 8.44. The molecule has 2 aromatic carbocycles. The zero-order chi connectivity index (χ0) is 18.9. The highest BCUT2D eigenvalue weighted by Crippen LogP contribution is 2.29. The monoisotopic (exact) mass is 370 g/mol. The Bertz CT molecular complexity index is 839. The molecule has 2 aromatic rings. The minimum absolute atomic E-state index is 0.0217. The highest BCUT2D eigenvalue weighted by Gasteiger charge is 2.11. The molecule has 5 nitrogen and oxygen atoms in total. The van der Waals surface area contributed by atoms with Crippen LogP contribution in [-0.4, -0.2) is 19.6 Å². The van der Waals surface area contributed by atoms with E-state index in [1.807, 2.05) is 13.0 Å². The minimum Gasteiger partial charge on any atom is -0.493 e. The van der Waals surface area contributed by atoms with Crippen LogP contribution >= 0.6 is 11.6 Å². The predicted molar refractivity (Wildman–Crippen MR) is 102 cm³/mol. The summed E-state index contributed by atoms with van der Waals surface area (Å²) in [4.78, 5) is 12.3. The summed E-state index contributed by atoms with van der Waals surface area (Å²) in [5.74, 6) is 0.667. The van der Waals surface area contributed by atoms with Gasteiger partial charge in [0.1, 0.15) is 11.6 Å². The number of rotatable bonds is 7. The summed E-state index contributed by atoms with van der Waals surface area (Å²) in [6, 6.07) is 13.8. The van der Waals surface area contributed by atoms with Gasteiger partial charge < -0.3 is 14.8 Å². The second-order valence-electron chi connectivity index (χ2n) is 5.39. The molecule has 0 spiro atoms. The number of nitrogens with zero attached hydrogens (tertiary/aromatic N) is 1. The minimum atomic E-state index is -0.498. The summed E-state index contributed by atoms with van der Waals surface area (Å²) < 4.78 is 10.9. The summed E-state index contributed by atoms with van der Waals surface area (Å²) in [6.07, 6.45) is 2.36. The number of carbonyl (C=O) groups excluding carboxylic acids is 1. The fourth-order valence-corrected chi connectivity index (χ4v) is 2.28. The van der Waals surface area contributed by atoms with E-state index in [-0.39, 0.29) is 5.57 Å². The maximum atomic E-state index is 12.3. The number of hydrogen-bond acceptors (Lipinski definition) is 4. The average molecular weight is 371 g/mol. The molecule has 134 valence electrons. The van der Waals surface area contributed by atoms with E-state index in [2.05, 4.69) is 5.32 Å². The van der Waals surface area contributed by atoms with E-state index >= 15 is 0 Å². The van der Waals surface area contributed by atoms with Crippen LogP contribution in [0.5, 0.6) is 11.5 Å². The third-order valence-electron chi connectivity index (χ3n) is 3.43. The molecular formula is C20H19ClN2O3. The van der Waals surface area contributed by atoms with Gasteiger partial charge in [0.05, 0.1) is 13.7 Å². The smallest absolute Gasteiger partial charge is 0.266 e. The zero-order valence-corrected chi connectivity index (χ0v) is 15.3. The fourth-order valence-electron chi connectivity index (χ4n) is 2.15. The van der Waals surface area contributed by atoms with Gasteiger partial charge >= 0.3 is 0 Å². The number of nitrogens with one attached hydrogen (secondary N) is 1. The molecule has 1 N–H and O–H groups in total. The number of halogens is 1. The number of ether oxygens (including phenoxy) is 2. The number of amides is 1. The van der Waals surface area contributed by atoms with Gasteiger partial charge in [-0.25, -0.2) is 0 Å². The van der Waals surface area contributed by atoms with Gasteiger partial charge in [-0.05, 0) is 54.5 Å². The zero-order valence-electron chi connectivity index (χ0n) is 14.6. The predicted octanol–water partition coefficient (Wildman–Crippen LogP) is 4.68. The topological polar surface area (TPSA) is 71.3 Å². The third-order valence-corrected chi connectivity index (χ3v) is 3.68. The summed E-state index contributed by atoms with van der Waals surface area (Å²) >= 11 is 5.82. The number of methoxy groups -OCH3 is 1. The van der Waals surface area contributed by atoms with Gasteiger partial charge in [-0.3, -0.25) is 4.79 Å². The lowest BCUT2D eigenvalue weighted by molar-refractivity contribution is -0.112. The van der Waals surface area contributed by atoms with Crippen LogP contribution in [0, 0.1) is 11.3 Å². The molecule has 26 heavy (non-hydrogen) atoms. The lowest BCUT2D eigenvalue weighted by atomic mass is 10.1. The number of nitriles is 1. The molecule has 0 atom stereocenters. The van der Waals surface area contributed by atoms with Gasteiger partial charge in [0.25, 0.3) is 5.91 Å². The molecular weight excluding hydrogens is 352 g/mol. The summed E-state index contributed by atoms with van der Waals surface area (Å²) in [5.41, 5.74) is 1.20. The molecule has 0 saturated heterocycles. The van der Waals surface area contributed by atoms with Gasteiger partial charge in [-0.2, -0.15) is 5.26 Å². The van der Waals surface area contributed by atoms with Crippen molar-refractivity contribution >= 4 is 29.3 Å². The van der Waals surface area contributed by atoms with Crippen molar-refractivity contribution in [1.82, 2.24) is 0 Å². The molecule has 2 rings (SSSR count). The lowest BCUT2D eigenvalue weighted by Gasteiger charge is -2.11. The van der Waals surface area contributed by atoms with Crippen LogP contribution in [0.1, 0.15) is 18.9 Å². The van der Waals surface area contributed by atoms with Crippen molar-refractivity contribution in [2.24, 2.45) is 0 Å². The van der Waals surface area contributed by atoms with Crippen molar-refractivity contribution < 1.29 is 14.3 Å². The Morgan fingerprint density at radius 1 is 1.23 bits per heavy atom. The van der Waals surface area contributed by atoms with E-state index in [4.69, 9.17) is 21.1 Å². The number of anilines is 1. The SMILES string of the molecule is CCCOc1cc(/C=C(\C#N)C(=O)Nc2ccc(Cl)cc2)ccc1OC. The standard InChI is InChI=1S/C20H19ClN2O3/c1-3-10-26-19-12-14(4-9-18(19)25-2)11-15(13-22)20(24)23-17-7-5-16(21)6-8-17/h4-9,11-12H,3,10H2,1-2H3,(H,23,24)/b15-11+. The molecule has 0 aliphatic carbocycles. The summed E-state index contributed by atoms with van der Waals surface area (Å²) in [7, 11) is 1.56. The molecule has 6 heteroatoms. The van der Waals surface area contributed by atoms with Gasteiger partial charge in [-0.15, -0.1) is 0 Å². The summed E-state index contributed by atoms with van der Waals surface area (Å²) in [6.45, 7) is 2.55.